The van der Waals surface area contributed by atoms with Crippen molar-refractivity contribution in [2.45, 2.75) is 12.3 Å². The van der Waals surface area contributed by atoms with Crippen LogP contribution in [-0.2, 0) is 9.53 Å². The fourth-order valence-corrected chi connectivity index (χ4v) is 3.51. The first-order valence-corrected chi connectivity index (χ1v) is 8.76. The topological polar surface area (TPSA) is 73.2 Å². The van der Waals surface area contributed by atoms with Gasteiger partial charge in [-0.2, -0.15) is 0 Å². The van der Waals surface area contributed by atoms with Gasteiger partial charge in [0.15, 0.2) is 5.82 Å². The summed E-state index contributed by atoms with van der Waals surface area (Å²) >= 11 is 6.14. The van der Waals surface area contributed by atoms with Gasteiger partial charge in [-0.05, 0) is 35.9 Å². The van der Waals surface area contributed by atoms with Gasteiger partial charge in [-0.25, -0.2) is 9.78 Å². The van der Waals surface area contributed by atoms with E-state index in [9.17, 15) is 9.59 Å². The molecule has 1 amide bonds. The van der Waals surface area contributed by atoms with Gasteiger partial charge >= 0.3 is 5.97 Å². The number of rotatable bonds is 3. The highest BCUT2D eigenvalue weighted by molar-refractivity contribution is 6.30. The molecule has 6 nitrogen and oxygen atoms in total. The molecule has 4 rings (SSSR count). The second-order valence-corrected chi connectivity index (χ2v) is 6.68. The zero-order valence-electron chi connectivity index (χ0n) is 14.5. The van der Waals surface area contributed by atoms with Gasteiger partial charge in [0.1, 0.15) is 6.33 Å². The fourth-order valence-electron chi connectivity index (χ4n) is 3.33. The number of imidazole rings is 1. The predicted molar refractivity (Wildman–Crippen MR) is 101 cm³/mol. The van der Waals surface area contributed by atoms with E-state index in [4.69, 9.17) is 16.3 Å². The third-order valence-electron chi connectivity index (χ3n) is 4.60. The molecule has 0 bridgehead atoms. The van der Waals surface area contributed by atoms with Crippen molar-refractivity contribution in [3.8, 4) is 5.69 Å². The average Bonchev–Trinajstić information content (AvgIpc) is 3.10. The van der Waals surface area contributed by atoms with Crippen molar-refractivity contribution < 1.29 is 14.3 Å². The maximum Gasteiger partial charge on any atom is 0.337 e. The highest BCUT2D eigenvalue weighted by Crippen LogP contribution is 2.38. The maximum absolute atomic E-state index is 12.2. The van der Waals surface area contributed by atoms with Gasteiger partial charge in [0.25, 0.3) is 0 Å². The van der Waals surface area contributed by atoms with Crippen LogP contribution in [0.25, 0.3) is 5.69 Å². The van der Waals surface area contributed by atoms with Crippen molar-refractivity contribution in [1.29, 1.82) is 0 Å². The summed E-state index contributed by atoms with van der Waals surface area (Å²) in [5.41, 5.74) is 3.12. The number of hydrogen-bond donors (Lipinski definition) is 1. The molecular weight excluding hydrogens is 366 g/mol. The van der Waals surface area contributed by atoms with Crippen LogP contribution >= 0.6 is 11.6 Å². The summed E-state index contributed by atoms with van der Waals surface area (Å²) in [7, 11) is 1.34. The van der Waals surface area contributed by atoms with Crippen LogP contribution in [0.1, 0.15) is 34.0 Å². The summed E-state index contributed by atoms with van der Waals surface area (Å²) in [5, 5.41) is 3.44. The van der Waals surface area contributed by atoms with E-state index >= 15 is 0 Å². The number of carbonyl (C=O) groups excluding carboxylic acids is 2. The third-order valence-corrected chi connectivity index (χ3v) is 4.84. The van der Waals surface area contributed by atoms with Crippen LogP contribution in [0.4, 0.5) is 5.82 Å². The highest BCUT2D eigenvalue weighted by Gasteiger charge is 2.31. The normalized spacial score (nSPS) is 15.8. The van der Waals surface area contributed by atoms with Gasteiger partial charge in [-0.1, -0.05) is 29.8 Å². The van der Waals surface area contributed by atoms with Crippen molar-refractivity contribution in [3.63, 3.8) is 0 Å². The number of carbonyl (C=O) groups is 2. The van der Waals surface area contributed by atoms with Gasteiger partial charge in [0, 0.05) is 23.0 Å². The van der Waals surface area contributed by atoms with Gasteiger partial charge in [0.2, 0.25) is 5.91 Å². The minimum absolute atomic E-state index is 0.0964. The summed E-state index contributed by atoms with van der Waals surface area (Å²) in [6.07, 6.45) is 1.97. The number of nitrogens with one attached hydrogen (secondary N) is 1. The lowest BCUT2D eigenvalue weighted by atomic mass is 9.89. The number of amides is 1. The number of methoxy groups -OCH3 is 1. The molecule has 0 aliphatic carbocycles. The van der Waals surface area contributed by atoms with Crippen LogP contribution in [-0.4, -0.2) is 28.5 Å². The van der Waals surface area contributed by atoms with Crippen LogP contribution in [0.15, 0.2) is 54.9 Å². The predicted octanol–water partition coefficient (Wildman–Crippen LogP) is 3.79. The van der Waals surface area contributed by atoms with Crippen molar-refractivity contribution in [3.05, 3.63) is 76.7 Å². The minimum atomic E-state index is -0.396. The lowest BCUT2D eigenvalue weighted by molar-refractivity contribution is -0.116. The largest absolute Gasteiger partial charge is 0.465 e. The molecule has 1 aliphatic rings. The van der Waals surface area contributed by atoms with E-state index in [2.05, 4.69) is 10.3 Å². The number of fused-ring (bicyclic) bond motifs is 1. The number of hydrogen-bond acceptors (Lipinski definition) is 4. The summed E-state index contributed by atoms with van der Waals surface area (Å²) in [4.78, 5) is 28.2. The molecule has 27 heavy (non-hydrogen) atoms. The number of aromatic nitrogens is 2. The summed E-state index contributed by atoms with van der Waals surface area (Å²) in [5.74, 6) is -0.149. The molecule has 3 aromatic rings. The van der Waals surface area contributed by atoms with Gasteiger partial charge < -0.3 is 14.6 Å². The van der Waals surface area contributed by atoms with E-state index in [1.165, 1.54) is 7.11 Å². The Morgan fingerprint density at radius 1 is 1.26 bits per heavy atom. The van der Waals surface area contributed by atoms with Crippen molar-refractivity contribution in [1.82, 2.24) is 9.55 Å². The van der Waals surface area contributed by atoms with Crippen LogP contribution in [0, 0.1) is 0 Å². The van der Waals surface area contributed by atoms with Gasteiger partial charge in [0.05, 0.1) is 18.4 Å². The summed E-state index contributed by atoms with van der Waals surface area (Å²) in [6.45, 7) is 0. The Morgan fingerprint density at radius 3 is 2.74 bits per heavy atom. The first kappa shape index (κ1) is 17.3. The van der Waals surface area contributed by atoms with Crippen LogP contribution in [0.5, 0.6) is 0 Å². The summed E-state index contributed by atoms with van der Waals surface area (Å²) in [6, 6.07) is 14.5. The van der Waals surface area contributed by atoms with E-state index in [1.807, 2.05) is 34.9 Å². The molecule has 0 saturated carbocycles. The Hall–Kier alpha value is -3.12. The molecule has 136 valence electrons. The lowest BCUT2D eigenvalue weighted by Crippen LogP contribution is -2.25. The molecule has 1 atom stereocenters. The van der Waals surface area contributed by atoms with Crippen LogP contribution in [0.2, 0.25) is 5.02 Å². The SMILES string of the molecule is COC(=O)c1ccc([C@H]2CC(=O)Nc3ncn(-c4cccc(Cl)c4)c32)cc1. The molecule has 1 aromatic heterocycles. The van der Waals surface area contributed by atoms with Crippen LogP contribution < -0.4 is 5.32 Å². The molecule has 0 spiro atoms. The number of halogens is 1. The van der Waals surface area contributed by atoms with E-state index < -0.39 is 5.97 Å². The fraction of sp³-hybridized carbons (Fsp3) is 0.150. The molecular formula is C20H16ClN3O3. The average molecular weight is 382 g/mol. The van der Waals surface area contributed by atoms with Crippen molar-refractivity contribution in [2.24, 2.45) is 0 Å². The second kappa shape index (κ2) is 6.89. The zero-order chi connectivity index (χ0) is 19.0. The first-order chi connectivity index (χ1) is 13.1. The highest BCUT2D eigenvalue weighted by atomic mass is 35.5. The molecule has 0 unspecified atom stereocenters. The Bertz CT molecular complexity index is 1030. The molecule has 1 N–H and O–H groups in total. The zero-order valence-corrected chi connectivity index (χ0v) is 15.2. The minimum Gasteiger partial charge on any atom is -0.465 e. The molecule has 1 aliphatic heterocycles. The lowest BCUT2D eigenvalue weighted by Gasteiger charge is -2.25. The summed E-state index contributed by atoms with van der Waals surface area (Å²) < 4.78 is 6.67. The molecule has 7 heteroatoms. The standard InChI is InChI=1S/C20H16ClN3O3/c1-27-20(26)13-7-5-12(6-8-13)16-10-17(25)23-19-18(16)24(11-22-19)15-4-2-3-14(21)9-15/h2-9,11,16H,10H2,1H3,(H,23,25)/t16-/m1/s1. The first-order valence-electron chi connectivity index (χ1n) is 8.38. The maximum atomic E-state index is 12.2. The Labute approximate surface area is 160 Å². The van der Waals surface area contributed by atoms with Gasteiger partial charge in [-0.3, -0.25) is 4.79 Å². The number of anilines is 1. The van der Waals surface area contributed by atoms with E-state index in [0.29, 0.717) is 16.4 Å². The number of nitrogens with zero attached hydrogens (tertiary/aromatic N) is 2. The molecule has 2 aromatic carbocycles. The Balaban J connectivity index is 1.79. The number of ether oxygens (including phenoxy) is 1. The van der Waals surface area contributed by atoms with Crippen molar-refractivity contribution >= 4 is 29.3 Å². The van der Waals surface area contributed by atoms with Gasteiger partial charge in [-0.15, -0.1) is 0 Å². The molecule has 0 saturated heterocycles. The van der Waals surface area contributed by atoms with E-state index in [0.717, 1.165) is 16.9 Å². The Morgan fingerprint density at radius 2 is 2.04 bits per heavy atom. The monoisotopic (exact) mass is 381 g/mol. The number of benzene rings is 2. The van der Waals surface area contributed by atoms with E-state index in [1.54, 1.807) is 24.5 Å². The smallest absolute Gasteiger partial charge is 0.337 e. The van der Waals surface area contributed by atoms with E-state index in [-0.39, 0.29) is 18.2 Å². The third kappa shape index (κ3) is 3.19. The second-order valence-electron chi connectivity index (χ2n) is 6.25. The Kier molecular flexibility index (Phi) is 4.41. The quantitative estimate of drug-likeness (QED) is 0.700. The molecule has 0 radical (unpaired) electrons. The molecule has 0 fully saturated rings. The van der Waals surface area contributed by atoms with Crippen molar-refractivity contribution in [2.75, 3.05) is 12.4 Å². The molecule has 2 heterocycles. The van der Waals surface area contributed by atoms with Crippen LogP contribution in [0.3, 0.4) is 0 Å². The number of esters is 1.